The first-order valence-electron chi connectivity index (χ1n) is 4.55. The van der Waals surface area contributed by atoms with Gasteiger partial charge in [-0.1, -0.05) is 30.3 Å². The van der Waals surface area contributed by atoms with Crippen molar-refractivity contribution in [3.05, 3.63) is 35.9 Å². The fraction of sp³-hybridized carbons (Fsp3) is 0.364. The second-order valence-electron chi connectivity index (χ2n) is 3.70. The Labute approximate surface area is 84.4 Å². The first-order valence-corrected chi connectivity index (χ1v) is 4.55. The Morgan fingerprint density at radius 1 is 1.36 bits per heavy atom. The van der Waals surface area contributed by atoms with Crippen molar-refractivity contribution in [2.24, 2.45) is 5.73 Å². The topological polar surface area (TPSA) is 59.1 Å². The Bertz CT molecular complexity index is 306. The third-order valence-corrected chi connectivity index (χ3v) is 2.09. The summed E-state index contributed by atoms with van der Waals surface area (Å²) in [6, 6.07) is 9.84. The molecule has 0 heterocycles. The number of nitrogens with two attached hydrogens (primary N) is 1. The van der Waals surface area contributed by atoms with E-state index in [1.807, 2.05) is 30.3 Å². The van der Waals surface area contributed by atoms with Gasteiger partial charge in [-0.15, -0.1) is 0 Å². The van der Waals surface area contributed by atoms with E-state index >= 15 is 0 Å². The number of hydrogen-bond donors (Lipinski definition) is 2. The van der Waals surface area contributed by atoms with Crippen molar-refractivity contribution in [1.82, 2.24) is 0 Å². The maximum absolute atomic E-state index is 7.32. The zero-order chi connectivity index (χ0) is 10.6. The molecule has 0 saturated carbocycles. The second-order valence-corrected chi connectivity index (χ2v) is 3.70. The summed E-state index contributed by atoms with van der Waals surface area (Å²) in [6.07, 6.45) is 0. The van der Waals surface area contributed by atoms with Crippen LogP contribution in [0.3, 0.4) is 0 Å². The van der Waals surface area contributed by atoms with Crippen LogP contribution in [0.4, 0.5) is 0 Å². The van der Waals surface area contributed by atoms with Gasteiger partial charge in [0, 0.05) is 0 Å². The van der Waals surface area contributed by atoms with Gasteiger partial charge in [0.05, 0.1) is 6.61 Å². The largest absolute Gasteiger partial charge is 0.385 e. The molecule has 0 radical (unpaired) electrons. The van der Waals surface area contributed by atoms with E-state index in [1.54, 1.807) is 13.8 Å². The van der Waals surface area contributed by atoms with Crippen LogP contribution in [0.25, 0.3) is 0 Å². The van der Waals surface area contributed by atoms with Crippen molar-refractivity contribution >= 4 is 5.84 Å². The van der Waals surface area contributed by atoms with Crippen LogP contribution in [0.1, 0.15) is 19.4 Å². The van der Waals surface area contributed by atoms with Gasteiger partial charge in [0.2, 0.25) is 0 Å². The normalized spacial score (nSPS) is 11.3. The van der Waals surface area contributed by atoms with Gasteiger partial charge in [-0.05, 0) is 19.4 Å². The maximum atomic E-state index is 7.32. The number of nitrogens with one attached hydrogen (secondary N) is 1. The van der Waals surface area contributed by atoms with Crippen molar-refractivity contribution in [2.75, 3.05) is 0 Å². The molecule has 0 aliphatic carbocycles. The van der Waals surface area contributed by atoms with Gasteiger partial charge in [-0.25, -0.2) is 0 Å². The fourth-order valence-electron chi connectivity index (χ4n) is 0.916. The summed E-state index contributed by atoms with van der Waals surface area (Å²) < 4.78 is 5.53. The van der Waals surface area contributed by atoms with Crippen LogP contribution < -0.4 is 5.73 Å². The Balaban J connectivity index is 2.53. The molecule has 0 atom stereocenters. The lowest BCUT2D eigenvalue weighted by molar-refractivity contribution is 0.0205. The van der Waals surface area contributed by atoms with Crippen LogP contribution >= 0.6 is 0 Å². The molecule has 76 valence electrons. The molecular formula is C11H16N2O. The van der Waals surface area contributed by atoms with E-state index < -0.39 is 5.60 Å². The summed E-state index contributed by atoms with van der Waals surface area (Å²) >= 11 is 0. The molecule has 0 amide bonds. The third-order valence-electron chi connectivity index (χ3n) is 2.09. The minimum atomic E-state index is -0.685. The zero-order valence-corrected chi connectivity index (χ0v) is 8.58. The zero-order valence-electron chi connectivity index (χ0n) is 8.58. The monoisotopic (exact) mass is 192 g/mol. The molecule has 3 N–H and O–H groups in total. The summed E-state index contributed by atoms with van der Waals surface area (Å²) in [7, 11) is 0. The van der Waals surface area contributed by atoms with Crippen LogP contribution in [-0.4, -0.2) is 11.4 Å². The summed E-state index contributed by atoms with van der Waals surface area (Å²) in [5, 5.41) is 7.32. The van der Waals surface area contributed by atoms with E-state index in [9.17, 15) is 0 Å². The van der Waals surface area contributed by atoms with E-state index in [0.717, 1.165) is 5.56 Å². The summed E-state index contributed by atoms with van der Waals surface area (Å²) in [5.74, 6) is 0.0495. The lowest BCUT2D eigenvalue weighted by atomic mass is 10.1. The van der Waals surface area contributed by atoms with Gasteiger partial charge in [-0.2, -0.15) is 0 Å². The minimum Gasteiger partial charge on any atom is -0.385 e. The van der Waals surface area contributed by atoms with Crippen molar-refractivity contribution in [3.8, 4) is 0 Å². The molecular weight excluding hydrogens is 176 g/mol. The number of rotatable bonds is 4. The average Bonchev–Trinajstić information content (AvgIpc) is 2.16. The second kappa shape index (κ2) is 4.24. The maximum Gasteiger partial charge on any atom is 0.123 e. The van der Waals surface area contributed by atoms with Crippen molar-refractivity contribution in [3.63, 3.8) is 0 Å². The predicted octanol–water partition coefficient (Wildman–Crippen LogP) is 1.92. The minimum absolute atomic E-state index is 0.0495. The summed E-state index contributed by atoms with van der Waals surface area (Å²) in [6.45, 7) is 4.06. The smallest absolute Gasteiger partial charge is 0.123 e. The van der Waals surface area contributed by atoms with Crippen molar-refractivity contribution < 1.29 is 4.74 Å². The number of amidine groups is 1. The summed E-state index contributed by atoms with van der Waals surface area (Å²) in [4.78, 5) is 0. The van der Waals surface area contributed by atoms with Crippen LogP contribution in [-0.2, 0) is 11.3 Å². The molecule has 1 rings (SSSR count). The van der Waals surface area contributed by atoms with E-state index in [2.05, 4.69) is 0 Å². The highest BCUT2D eigenvalue weighted by molar-refractivity contribution is 5.85. The lowest BCUT2D eigenvalue weighted by Crippen LogP contribution is -2.39. The molecule has 1 aromatic carbocycles. The first-order chi connectivity index (χ1) is 6.52. The van der Waals surface area contributed by atoms with Crippen molar-refractivity contribution in [1.29, 1.82) is 5.41 Å². The van der Waals surface area contributed by atoms with Gasteiger partial charge in [0.1, 0.15) is 11.4 Å². The molecule has 0 fully saturated rings. The Morgan fingerprint density at radius 2 is 1.93 bits per heavy atom. The van der Waals surface area contributed by atoms with Crippen LogP contribution in [0.5, 0.6) is 0 Å². The first kappa shape index (κ1) is 10.7. The van der Waals surface area contributed by atoms with Gasteiger partial charge < -0.3 is 10.5 Å². The molecule has 0 bridgehead atoms. The highest BCUT2D eigenvalue weighted by Crippen LogP contribution is 2.12. The SMILES string of the molecule is CC(C)(OCc1ccccc1)C(=N)N. The van der Waals surface area contributed by atoms with Crippen LogP contribution in [0.15, 0.2) is 30.3 Å². The molecule has 0 spiro atoms. The van der Waals surface area contributed by atoms with Gasteiger partial charge in [0.25, 0.3) is 0 Å². The van der Waals surface area contributed by atoms with E-state index in [-0.39, 0.29) is 5.84 Å². The van der Waals surface area contributed by atoms with Gasteiger partial charge in [0.15, 0.2) is 0 Å². The Kier molecular flexibility index (Phi) is 3.25. The molecule has 0 saturated heterocycles. The quantitative estimate of drug-likeness (QED) is 0.565. The molecule has 0 aliphatic heterocycles. The molecule has 3 nitrogen and oxygen atoms in total. The summed E-state index contributed by atoms with van der Waals surface area (Å²) in [5.41, 5.74) is 5.79. The lowest BCUT2D eigenvalue weighted by Gasteiger charge is -2.23. The molecule has 14 heavy (non-hydrogen) atoms. The van der Waals surface area contributed by atoms with Crippen LogP contribution in [0, 0.1) is 5.41 Å². The Hall–Kier alpha value is -1.35. The van der Waals surface area contributed by atoms with Gasteiger partial charge in [-0.3, -0.25) is 5.41 Å². The third kappa shape index (κ3) is 2.85. The highest BCUT2D eigenvalue weighted by atomic mass is 16.5. The molecule has 0 aromatic heterocycles. The van der Waals surface area contributed by atoms with Crippen molar-refractivity contribution in [2.45, 2.75) is 26.1 Å². The number of benzene rings is 1. The van der Waals surface area contributed by atoms with E-state index in [0.29, 0.717) is 6.61 Å². The standard InChI is InChI=1S/C11H16N2O/c1-11(2,10(12)13)14-8-9-6-4-3-5-7-9/h3-7H,8H2,1-2H3,(H3,12,13). The molecule has 0 aliphatic rings. The average molecular weight is 192 g/mol. The number of ether oxygens (including phenoxy) is 1. The van der Waals surface area contributed by atoms with Gasteiger partial charge >= 0.3 is 0 Å². The molecule has 0 unspecified atom stereocenters. The molecule has 3 heteroatoms. The predicted molar refractivity (Wildman–Crippen MR) is 57.2 cm³/mol. The fourth-order valence-corrected chi connectivity index (χ4v) is 0.916. The number of hydrogen-bond acceptors (Lipinski definition) is 2. The highest BCUT2D eigenvalue weighted by Gasteiger charge is 2.21. The Morgan fingerprint density at radius 3 is 2.43 bits per heavy atom. The van der Waals surface area contributed by atoms with E-state index in [1.165, 1.54) is 0 Å². The van der Waals surface area contributed by atoms with E-state index in [4.69, 9.17) is 15.9 Å². The molecule has 1 aromatic rings. The van der Waals surface area contributed by atoms with Crippen LogP contribution in [0.2, 0.25) is 0 Å².